The van der Waals surface area contributed by atoms with Crippen molar-refractivity contribution in [3.63, 3.8) is 0 Å². The van der Waals surface area contributed by atoms with Gasteiger partial charge in [-0.3, -0.25) is 9.00 Å². The Bertz CT molecular complexity index is 403. The number of thiophene rings is 1. The van der Waals surface area contributed by atoms with Gasteiger partial charge in [0, 0.05) is 45.1 Å². The smallest absolute Gasteiger partial charge is 0.308 e. The van der Waals surface area contributed by atoms with Crippen molar-refractivity contribution in [2.45, 2.75) is 25.9 Å². The molecule has 1 heterocycles. The molecule has 0 amide bonds. The topological polar surface area (TPSA) is 66.4 Å². The second-order valence-corrected chi connectivity index (χ2v) is 6.69. The van der Waals surface area contributed by atoms with Gasteiger partial charge in [0.15, 0.2) is 0 Å². The largest absolute Gasteiger partial charge is 0.481 e. The van der Waals surface area contributed by atoms with E-state index in [-0.39, 0.29) is 12.5 Å². The highest BCUT2D eigenvalue weighted by Crippen LogP contribution is 2.17. The number of carboxylic acid groups (broad SMARTS) is 1. The summed E-state index contributed by atoms with van der Waals surface area (Å²) in [6.07, 6.45) is 1.77. The normalized spacial score (nSPS) is 14.5. The van der Waals surface area contributed by atoms with Gasteiger partial charge in [0.25, 0.3) is 0 Å². The maximum atomic E-state index is 11.0. The van der Waals surface area contributed by atoms with Crippen molar-refractivity contribution in [3.05, 3.63) is 21.9 Å². The molecule has 96 valence electrons. The first-order chi connectivity index (χ1) is 7.97. The summed E-state index contributed by atoms with van der Waals surface area (Å²) in [6.45, 7) is 2.69. The molecule has 1 rings (SSSR count). The molecule has 0 spiro atoms. The van der Waals surface area contributed by atoms with E-state index in [1.807, 2.05) is 19.1 Å². The third kappa shape index (κ3) is 5.95. The number of carboxylic acids is 1. The van der Waals surface area contributed by atoms with Crippen molar-refractivity contribution in [1.82, 2.24) is 5.32 Å². The van der Waals surface area contributed by atoms with Crippen molar-refractivity contribution >= 4 is 28.1 Å². The Kier molecular flexibility index (Phi) is 5.80. The summed E-state index contributed by atoms with van der Waals surface area (Å²) in [5, 5.41) is 11.9. The number of carbonyl (C=O) groups is 1. The van der Waals surface area contributed by atoms with Gasteiger partial charge in [-0.25, -0.2) is 0 Å². The van der Waals surface area contributed by atoms with Gasteiger partial charge in [-0.2, -0.15) is 0 Å². The monoisotopic (exact) mass is 275 g/mol. The van der Waals surface area contributed by atoms with Gasteiger partial charge in [-0.15, -0.1) is 11.3 Å². The number of hydrogen-bond acceptors (Lipinski definition) is 4. The lowest BCUT2D eigenvalue weighted by atomic mass is 10.3. The molecular formula is C11H17NO3S2. The summed E-state index contributed by atoms with van der Waals surface area (Å²) in [7, 11) is -0.793. The SMILES string of the molecule is CC(CS(C)=O)NCc1ccc(CC(=O)O)s1. The second kappa shape index (κ2) is 6.88. The van der Waals surface area contributed by atoms with Gasteiger partial charge in [0.1, 0.15) is 0 Å². The lowest BCUT2D eigenvalue weighted by molar-refractivity contribution is -0.136. The van der Waals surface area contributed by atoms with E-state index in [9.17, 15) is 9.00 Å². The average Bonchev–Trinajstić information content (AvgIpc) is 2.60. The van der Waals surface area contributed by atoms with E-state index < -0.39 is 16.8 Å². The molecule has 0 radical (unpaired) electrons. The Morgan fingerprint density at radius 3 is 2.76 bits per heavy atom. The van der Waals surface area contributed by atoms with Crippen molar-refractivity contribution in [3.8, 4) is 0 Å². The van der Waals surface area contributed by atoms with Gasteiger partial charge in [-0.05, 0) is 19.1 Å². The fourth-order valence-electron chi connectivity index (χ4n) is 1.45. The first kappa shape index (κ1) is 14.3. The molecule has 0 aromatic carbocycles. The lowest BCUT2D eigenvalue weighted by Crippen LogP contribution is -2.30. The molecule has 1 aromatic rings. The second-order valence-electron chi connectivity index (χ2n) is 3.96. The summed E-state index contributed by atoms with van der Waals surface area (Å²) in [5.41, 5.74) is 0. The Balaban J connectivity index is 2.39. The molecule has 0 aliphatic carbocycles. The fourth-order valence-corrected chi connectivity index (χ4v) is 3.23. The molecule has 2 atom stereocenters. The van der Waals surface area contributed by atoms with Crippen LogP contribution >= 0.6 is 11.3 Å². The summed E-state index contributed by atoms with van der Waals surface area (Å²) < 4.78 is 11.0. The van der Waals surface area contributed by atoms with Crippen LogP contribution in [0.2, 0.25) is 0 Å². The predicted octanol–water partition coefficient (Wildman–Crippen LogP) is 1.23. The summed E-state index contributed by atoms with van der Waals surface area (Å²) in [4.78, 5) is 12.5. The van der Waals surface area contributed by atoms with Crippen LogP contribution in [0.3, 0.4) is 0 Å². The summed E-state index contributed by atoms with van der Waals surface area (Å²) >= 11 is 1.50. The van der Waals surface area contributed by atoms with Crippen LogP contribution in [0, 0.1) is 0 Å². The van der Waals surface area contributed by atoms with E-state index in [2.05, 4.69) is 5.32 Å². The molecule has 0 aliphatic rings. The molecule has 1 aromatic heterocycles. The molecule has 0 fully saturated rings. The zero-order chi connectivity index (χ0) is 12.8. The van der Waals surface area contributed by atoms with Gasteiger partial charge in [0.05, 0.1) is 6.42 Å². The minimum Gasteiger partial charge on any atom is -0.481 e. The molecule has 4 nitrogen and oxygen atoms in total. The third-order valence-electron chi connectivity index (χ3n) is 2.15. The Morgan fingerprint density at radius 1 is 1.53 bits per heavy atom. The molecule has 2 unspecified atom stereocenters. The van der Waals surface area contributed by atoms with E-state index in [1.54, 1.807) is 6.26 Å². The van der Waals surface area contributed by atoms with Crippen LogP contribution in [0.4, 0.5) is 0 Å². The number of hydrogen-bond donors (Lipinski definition) is 2. The van der Waals surface area contributed by atoms with Gasteiger partial charge in [-0.1, -0.05) is 0 Å². The van der Waals surface area contributed by atoms with Crippen LogP contribution in [0.1, 0.15) is 16.7 Å². The number of rotatable bonds is 7. The summed E-state index contributed by atoms with van der Waals surface area (Å²) in [6, 6.07) is 3.98. The van der Waals surface area contributed by atoms with E-state index in [4.69, 9.17) is 5.11 Å². The van der Waals surface area contributed by atoms with Crippen molar-refractivity contribution < 1.29 is 14.1 Å². The van der Waals surface area contributed by atoms with Crippen molar-refractivity contribution in [2.75, 3.05) is 12.0 Å². The lowest BCUT2D eigenvalue weighted by Gasteiger charge is -2.10. The molecule has 0 saturated heterocycles. The maximum absolute atomic E-state index is 11.0. The van der Waals surface area contributed by atoms with Crippen LogP contribution < -0.4 is 5.32 Å². The van der Waals surface area contributed by atoms with Crippen LogP contribution in [-0.2, 0) is 28.6 Å². The molecule has 6 heteroatoms. The van der Waals surface area contributed by atoms with Crippen molar-refractivity contribution in [2.24, 2.45) is 0 Å². The highest BCUT2D eigenvalue weighted by Gasteiger charge is 2.07. The van der Waals surface area contributed by atoms with Crippen LogP contribution in [0.15, 0.2) is 12.1 Å². The van der Waals surface area contributed by atoms with Crippen LogP contribution in [-0.4, -0.2) is 33.3 Å². The highest BCUT2D eigenvalue weighted by molar-refractivity contribution is 7.84. The fraction of sp³-hybridized carbons (Fsp3) is 0.545. The average molecular weight is 275 g/mol. The molecule has 0 bridgehead atoms. The standard InChI is InChI=1S/C11H17NO3S2/c1-8(7-17(2)15)12-6-10-4-3-9(16-10)5-11(13)14/h3-4,8,12H,5-7H2,1-2H3,(H,13,14). The maximum Gasteiger partial charge on any atom is 0.308 e. The zero-order valence-electron chi connectivity index (χ0n) is 9.93. The van der Waals surface area contributed by atoms with Crippen molar-refractivity contribution in [1.29, 1.82) is 0 Å². The minimum absolute atomic E-state index is 0.0825. The number of nitrogens with one attached hydrogen (secondary N) is 1. The van der Waals surface area contributed by atoms with E-state index in [0.29, 0.717) is 12.3 Å². The van der Waals surface area contributed by atoms with Crippen LogP contribution in [0.25, 0.3) is 0 Å². The number of aliphatic carboxylic acids is 1. The quantitative estimate of drug-likeness (QED) is 0.785. The minimum atomic E-state index is -0.805. The van der Waals surface area contributed by atoms with Gasteiger partial charge < -0.3 is 10.4 Å². The Morgan fingerprint density at radius 2 is 2.18 bits per heavy atom. The molecule has 2 N–H and O–H groups in total. The molecule has 0 aliphatic heterocycles. The Labute approximate surface area is 108 Å². The van der Waals surface area contributed by atoms with Gasteiger partial charge in [0.2, 0.25) is 0 Å². The molecule has 17 heavy (non-hydrogen) atoms. The van der Waals surface area contributed by atoms with E-state index in [1.165, 1.54) is 11.3 Å². The van der Waals surface area contributed by atoms with E-state index >= 15 is 0 Å². The predicted molar refractivity (Wildman–Crippen MR) is 70.9 cm³/mol. The zero-order valence-corrected chi connectivity index (χ0v) is 11.6. The highest BCUT2D eigenvalue weighted by atomic mass is 32.2. The third-order valence-corrected chi connectivity index (χ3v) is 4.21. The van der Waals surface area contributed by atoms with Crippen LogP contribution in [0.5, 0.6) is 0 Å². The molecule has 0 saturated carbocycles. The summed E-state index contributed by atoms with van der Waals surface area (Å²) in [5.74, 6) is -0.172. The van der Waals surface area contributed by atoms with E-state index in [0.717, 1.165) is 9.75 Å². The van der Waals surface area contributed by atoms with Gasteiger partial charge >= 0.3 is 5.97 Å². The first-order valence-electron chi connectivity index (χ1n) is 5.30. The molecular weight excluding hydrogens is 258 g/mol. The first-order valence-corrected chi connectivity index (χ1v) is 7.84. The Hall–Kier alpha value is -0.720.